The second-order valence-electron chi connectivity index (χ2n) is 9.12. The predicted octanol–water partition coefficient (Wildman–Crippen LogP) is 6.27. The van der Waals surface area contributed by atoms with E-state index < -0.39 is 11.6 Å². The molecule has 3 aliphatic rings. The van der Waals surface area contributed by atoms with Gasteiger partial charge in [-0.1, -0.05) is 0 Å². The molecule has 0 bridgehead atoms. The molecule has 0 aliphatic heterocycles. The molecule has 142 valence electrons. The Morgan fingerprint density at radius 1 is 0.692 bits per heavy atom. The summed E-state index contributed by atoms with van der Waals surface area (Å²) >= 11 is 0. The van der Waals surface area contributed by atoms with Gasteiger partial charge in [0.05, 0.1) is 0 Å². The maximum absolute atomic E-state index is 13.6. The van der Waals surface area contributed by atoms with Gasteiger partial charge in [0.2, 0.25) is 0 Å². The predicted molar refractivity (Wildman–Crippen MR) is 98.8 cm³/mol. The summed E-state index contributed by atoms with van der Waals surface area (Å²) in [4.78, 5) is 11.0. The van der Waals surface area contributed by atoms with Crippen LogP contribution in [0.4, 0.5) is 8.78 Å². The van der Waals surface area contributed by atoms with E-state index in [0.717, 1.165) is 67.3 Å². The number of hydrogen-bond acceptors (Lipinski definition) is 1. The summed E-state index contributed by atoms with van der Waals surface area (Å²) in [6, 6.07) is 4.04. The van der Waals surface area contributed by atoms with Gasteiger partial charge in [0, 0.05) is 12.0 Å². The molecule has 3 fully saturated rings. The van der Waals surface area contributed by atoms with Crippen LogP contribution in [-0.4, -0.2) is 6.29 Å². The zero-order valence-electron chi connectivity index (χ0n) is 15.5. The van der Waals surface area contributed by atoms with E-state index in [9.17, 15) is 13.6 Å². The van der Waals surface area contributed by atoms with Crippen molar-refractivity contribution in [2.75, 3.05) is 0 Å². The maximum atomic E-state index is 13.6. The summed E-state index contributed by atoms with van der Waals surface area (Å²) in [6.07, 6.45) is 13.1. The average Bonchev–Trinajstić information content (AvgIpc) is 2.66. The van der Waals surface area contributed by atoms with Gasteiger partial charge >= 0.3 is 0 Å². The lowest BCUT2D eigenvalue weighted by Gasteiger charge is -2.45. The summed E-state index contributed by atoms with van der Waals surface area (Å²) in [5.74, 6) is 2.92. The highest BCUT2D eigenvalue weighted by atomic mass is 19.1. The Morgan fingerprint density at radius 2 is 1.23 bits per heavy atom. The lowest BCUT2D eigenvalue weighted by Crippen LogP contribution is -2.34. The van der Waals surface area contributed by atoms with Crippen molar-refractivity contribution in [1.29, 1.82) is 0 Å². The van der Waals surface area contributed by atoms with Crippen LogP contribution in [-0.2, 0) is 4.79 Å². The Balaban J connectivity index is 1.35. The van der Waals surface area contributed by atoms with Crippen LogP contribution in [0.1, 0.15) is 75.7 Å². The van der Waals surface area contributed by atoms with E-state index in [1.54, 1.807) is 0 Å². The van der Waals surface area contributed by atoms with E-state index in [1.165, 1.54) is 50.7 Å². The molecule has 3 saturated carbocycles. The SMILES string of the molecule is O=CC1CCC(C2CC[C@H]3CC(c4cc(F)cc(F)c4)CC[C@@H]3C2)CC1. The van der Waals surface area contributed by atoms with Crippen molar-refractivity contribution in [3.63, 3.8) is 0 Å². The highest BCUT2D eigenvalue weighted by Crippen LogP contribution is 2.50. The number of carbonyl (C=O) groups excluding carboxylic acids is 1. The van der Waals surface area contributed by atoms with Crippen molar-refractivity contribution in [2.24, 2.45) is 29.6 Å². The summed E-state index contributed by atoms with van der Waals surface area (Å²) in [5.41, 5.74) is 0.857. The van der Waals surface area contributed by atoms with Crippen molar-refractivity contribution in [3.8, 4) is 0 Å². The molecule has 26 heavy (non-hydrogen) atoms. The van der Waals surface area contributed by atoms with Gasteiger partial charge in [-0.15, -0.1) is 0 Å². The molecular weight excluding hydrogens is 330 g/mol. The molecule has 0 radical (unpaired) electrons. The quantitative estimate of drug-likeness (QED) is 0.581. The minimum Gasteiger partial charge on any atom is -0.303 e. The molecule has 3 heteroatoms. The fourth-order valence-corrected chi connectivity index (χ4v) is 6.22. The molecule has 4 rings (SSSR count). The average molecular weight is 360 g/mol. The van der Waals surface area contributed by atoms with Crippen LogP contribution >= 0.6 is 0 Å². The largest absolute Gasteiger partial charge is 0.303 e. The fourth-order valence-electron chi connectivity index (χ4n) is 6.22. The molecule has 1 aromatic carbocycles. The number of fused-ring (bicyclic) bond motifs is 1. The van der Waals surface area contributed by atoms with Crippen LogP contribution in [0.5, 0.6) is 0 Å². The number of rotatable bonds is 3. The van der Waals surface area contributed by atoms with Crippen LogP contribution in [0.3, 0.4) is 0 Å². The minimum atomic E-state index is -0.447. The topological polar surface area (TPSA) is 17.1 Å². The van der Waals surface area contributed by atoms with E-state index in [1.807, 2.05) is 0 Å². The number of halogens is 2. The molecule has 0 saturated heterocycles. The molecule has 0 spiro atoms. The third kappa shape index (κ3) is 3.87. The Bertz CT molecular complexity index is 615. The normalized spacial score (nSPS) is 37.8. The lowest BCUT2D eigenvalue weighted by molar-refractivity contribution is -0.112. The van der Waals surface area contributed by atoms with Gasteiger partial charge in [-0.3, -0.25) is 0 Å². The fraction of sp³-hybridized carbons (Fsp3) is 0.696. The van der Waals surface area contributed by atoms with Crippen LogP contribution in [0, 0.1) is 41.2 Å². The summed E-state index contributed by atoms with van der Waals surface area (Å²) in [5, 5.41) is 0. The lowest BCUT2D eigenvalue weighted by atomic mass is 9.60. The Kier molecular flexibility index (Phi) is 5.42. The van der Waals surface area contributed by atoms with Crippen molar-refractivity contribution in [2.45, 2.75) is 70.1 Å². The highest BCUT2D eigenvalue weighted by Gasteiger charge is 2.39. The van der Waals surface area contributed by atoms with Crippen molar-refractivity contribution in [1.82, 2.24) is 0 Å². The van der Waals surface area contributed by atoms with Gasteiger partial charge in [-0.2, -0.15) is 0 Å². The van der Waals surface area contributed by atoms with Gasteiger partial charge in [-0.05, 0) is 111 Å². The van der Waals surface area contributed by atoms with E-state index in [0.29, 0.717) is 11.8 Å². The highest BCUT2D eigenvalue weighted by molar-refractivity contribution is 5.53. The van der Waals surface area contributed by atoms with Crippen molar-refractivity contribution < 1.29 is 13.6 Å². The minimum absolute atomic E-state index is 0.310. The van der Waals surface area contributed by atoms with Crippen molar-refractivity contribution >= 4 is 6.29 Å². The molecule has 0 heterocycles. The summed E-state index contributed by atoms with van der Waals surface area (Å²) in [6.45, 7) is 0. The molecule has 2 unspecified atom stereocenters. The Morgan fingerprint density at radius 3 is 1.88 bits per heavy atom. The van der Waals surface area contributed by atoms with Crippen LogP contribution < -0.4 is 0 Å². The molecule has 0 aromatic heterocycles. The van der Waals surface area contributed by atoms with E-state index in [4.69, 9.17) is 0 Å². The standard InChI is InChI=1S/C23H30F2O/c24-22-11-21(12-23(25)13-22)20-8-7-18-9-17(5-6-19(18)10-20)16-3-1-15(14-26)2-4-16/h11-20H,1-10H2/t15?,16?,17?,18-,19+,20?/m1/s1. The third-order valence-corrected chi connectivity index (χ3v) is 7.69. The van der Waals surface area contributed by atoms with E-state index in [-0.39, 0.29) is 0 Å². The Labute approximate surface area is 155 Å². The monoisotopic (exact) mass is 360 g/mol. The third-order valence-electron chi connectivity index (χ3n) is 7.69. The maximum Gasteiger partial charge on any atom is 0.126 e. The van der Waals surface area contributed by atoms with Gasteiger partial charge in [0.1, 0.15) is 17.9 Å². The van der Waals surface area contributed by atoms with Gasteiger partial charge < -0.3 is 4.79 Å². The molecular formula is C23H30F2O. The van der Waals surface area contributed by atoms with E-state index in [2.05, 4.69) is 0 Å². The molecule has 1 nitrogen and oxygen atoms in total. The Hall–Kier alpha value is -1.25. The van der Waals surface area contributed by atoms with E-state index >= 15 is 0 Å². The first-order chi connectivity index (χ1) is 12.6. The molecule has 1 aromatic rings. The van der Waals surface area contributed by atoms with Crippen LogP contribution in [0.2, 0.25) is 0 Å². The summed E-state index contributed by atoms with van der Waals surface area (Å²) < 4.78 is 27.1. The number of aldehydes is 1. The van der Waals surface area contributed by atoms with Gasteiger partial charge in [-0.25, -0.2) is 8.78 Å². The first-order valence-electron chi connectivity index (χ1n) is 10.5. The summed E-state index contributed by atoms with van der Waals surface area (Å²) in [7, 11) is 0. The van der Waals surface area contributed by atoms with Crippen molar-refractivity contribution in [3.05, 3.63) is 35.4 Å². The first-order valence-corrected chi connectivity index (χ1v) is 10.5. The zero-order chi connectivity index (χ0) is 18.1. The zero-order valence-corrected chi connectivity index (χ0v) is 15.5. The molecule has 3 aliphatic carbocycles. The number of carbonyl (C=O) groups is 1. The van der Waals surface area contributed by atoms with Gasteiger partial charge in [0.15, 0.2) is 0 Å². The number of hydrogen-bond donors (Lipinski definition) is 0. The molecule has 0 N–H and O–H groups in total. The number of benzene rings is 1. The first kappa shape index (κ1) is 18.1. The van der Waals surface area contributed by atoms with Crippen LogP contribution in [0.25, 0.3) is 0 Å². The second-order valence-corrected chi connectivity index (χ2v) is 9.12. The second kappa shape index (κ2) is 7.78. The van der Waals surface area contributed by atoms with Crippen LogP contribution in [0.15, 0.2) is 18.2 Å². The molecule has 4 atom stereocenters. The molecule has 0 amide bonds. The smallest absolute Gasteiger partial charge is 0.126 e. The van der Waals surface area contributed by atoms with Gasteiger partial charge in [0.25, 0.3) is 0 Å².